The first-order chi connectivity index (χ1) is 8.38. The number of benzene rings is 1. The van der Waals surface area contributed by atoms with Gasteiger partial charge in [0.15, 0.2) is 0 Å². The zero-order valence-electron chi connectivity index (χ0n) is 9.77. The highest BCUT2D eigenvalue weighted by molar-refractivity contribution is 5.30. The lowest BCUT2D eigenvalue weighted by Crippen LogP contribution is -2.62. The van der Waals surface area contributed by atoms with Crippen LogP contribution < -0.4 is 5.32 Å². The maximum absolute atomic E-state index is 13.8. The van der Waals surface area contributed by atoms with Gasteiger partial charge in [-0.2, -0.15) is 13.2 Å². The van der Waals surface area contributed by atoms with E-state index in [4.69, 9.17) is 4.74 Å². The molecular formula is C12H13F4NO. The molecule has 2 rings (SSSR count). The van der Waals surface area contributed by atoms with Gasteiger partial charge in [-0.05, 0) is 11.6 Å². The Bertz CT molecular complexity index is 435. The third-order valence-corrected chi connectivity index (χ3v) is 3.22. The van der Waals surface area contributed by atoms with E-state index in [-0.39, 0.29) is 12.0 Å². The fourth-order valence-electron chi connectivity index (χ4n) is 2.03. The van der Waals surface area contributed by atoms with Gasteiger partial charge in [0.1, 0.15) is 5.82 Å². The molecule has 0 saturated carbocycles. The minimum atomic E-state index is -4.67. The molecule has 18 heavy (non-hydrogen) atoms. The normalized spacial score (nSPS) is 18.5. The molecule has 6 heteroatoms. The van der Waals surface area contributed by atoms with Gasteiger partial charge >= 0.3 is 6.18 Å². The van der Waals surface area contributed by atoms with Gasteiger partial charge in [0.25, 0.3) is 0 Å². The van der Waals surface area contributed by atoms with E-state index in [1.54, 1.807) is 0 Å². The van der Waals surface area contributed by atoms with Crippen molar-refractivity contribution in [2.24, 2.45) is 0 Å². The van der Waals surface area contributed by atoms with Crippen LogP contribution in [0.25, 0.3) is 0 Å². The van der Waals surface area contributed by atoms with Gasteiger partial charge in [0.2, 0.25) is 0 Å². The maximum atomic E-state index is 13.8. The van der Waals surface area contributed by atoms with E-state index in [1.165, 1.54) is 19.2 Å². The van der Waals surface area contributed by atoms with Crippen LogP contribution in [-0.4, -0.2) is 25.8 Å². The average Bonchev–Trinajstić information content (AvgIpc) is 2.24. The second-order valence-corrected chi connectivity index (χ2v) is 4.44. The first-order valence-electron chi connectivity index (χ1n) is 5.48. The van der Waals surface area contributed by atoms with Gasteiger partial charge in [-0.15, -0.1) is 0 Å². The molecule has 0 bridgehead atoms. The number of methoxy groups -OCH3 is 1. The van der Waals surface area contributed by atoms with E-state index in [0.717, 1.165) is 6.07 Å². The monoisotopic (exact) mass is 263 g/mol. The number of halogens is 4. The fraction of sp³-hybridized carbons (Fsp3) is 0.500. The van der Waals surface area contributed by atoms with Crippen LogP contribution in [0.4, 0.5) is 17.6 Å². The van der Waals surface area contributed by atoms with Crippen molar-refractivity contribution in [3.63, 3.8) is 0 Å². The maximum Gasteiger partial charge on any atom is 0.419 e. The summed E-state index contributed by atoms with van der Waals surface area (Å²) in [5.41, 5.74) is -1.78. The van der Waals surface area contributed by atoms with Crippen molar-refractivity contribution in [1.29, 1.82) is 0 Å². The molecule has 1 aromatic carbocycles. The Morgan fingerprint density at radius 3 is 2.44 bits per heavy atom. The van der Waals surface area contributed by atoms with Gasteiger partial charge < -0.3 is 10.1 Å². The molecule has 0 spiro atoms. The van der Waals surface area contributed by atoms with Crippen molar-refractivity contribution >= 4 is 0 Å². The number of rotatable bonds is 3. The molecule has 1 heterocycles. The average molecular weight is 263 g/mol. The largest absolute Gasteiger partial charge is 0.419 e. The molecule has 1 aliphatic heterocycles. The predicted octanol–water partition coefficient (Wildman–Crippen LogP) is 2.38. The summed E-state index contributed by atoms with van der Waals surface area (Å²) in [6.45, 7) is 1.03. The van der Waals surface area contributed by atoms with Crippen LogP contribution in [0.1, 0.15) is 11.1 Å². The summed E-state index contributed by atoms with van der Waals surface area (Å²) >= 11 is 0. The highest BCUT2D eigenvalue weighted by Crippen LogP contribution is 2.34. The van der Waals surface area contributed by atoms with Crippen molar-refractivity contribution in [2.45, 2.75) is 18.2 Å². The third-order valence-electron chi connectivity index (χ3n) is 3.22. The number of nitrogens with one attached hydrogen (secondary N) is 1. The van der Waals surface area contributed by atoms with Gasteiger partial charge in [-0.3, -0.25) is 0 Å². The summed E-state index contributed by atoms with van der Waals surface area (Å²) in [6, 6.07) is 3.33. The molecule has 0 amide bonds. The Morgan fingerprint density at radius 2 is 2.00 bits per heavy atom. The minimum absolute atomic E-state index is 0.0353. The van der Waals surface area contributed by atoms with Crippen molar-refractivity contribution < 1.29 is 22.3 Å². The molecule has 2 nitrogen and oxygen atoms in total. The molecule has 0 atom stereocenters. The minimum Gasteiger partial charge on any atom is -0.375 e. The van der Waals surface area contributed by atoms with E-state index >= 15 is 0 Å². The molecule has 1 saturated heterocycles. The number of hydrogen-bond acceptors (Lipinski definition) is 2. The quantitative estimate of drug-likeness (QED) is 0.845. The van der Waals surface area contributed by atoms with Crippen molar-refractivity contribution in [3.05, 3.63) is 35.1 Å². The standard InChI is InChI=1S/C12H13F4NO/c1-18-11(6-17-7-11)5-8-3-2-4-9(10(8)13)12(14,15)16/h2-4,17H,5-7H2,1H3. The van der Waals surface area contributed by atoms with Gasteiger partial charge in [0.05, 0.1) is 11.2 Å². The first kappa shape index (κ1) is 13.3. The molecule has 0 radical (unpaired) electrons. The van der Waals surface area contributed by atoms with E-state index in [9.17, 15) is 17.6 Å². The van der Waals surface area contributed by atoms with Crippen LogP contribution in [-0.2, 0) is 17.3 Å². The summed E-state index contributed by atoms with van der Waals surface area (Å²) in [5.74, 6) is -1.20. The molecular weight excluding hydrogens is 250 g/mol. The zero-order valence-corrected chi connectivity index (χ0v) is 9.77. The van der Waals surface area contributed by atoms with Crippen molar-refractivity contribution in [3.8, 4) is 0 Å². The summed E-state index contributed by atoms with van der Waals surface area (Å²) in [6.07, 6.45) is -4.54. The van der Waals surface area contributed by atoms with Crippen LogP contribution in [0, 0.1) is 5.82 Å². The van der Waals surface area contributed by atoms with Gasteiger partial charge in [-0.25, -0.2) is 4.39 Å². The number of alkyl halides is 3. The summed E-state index contributed by atoms with van der Waals surface area (Å²) in [4.78, 5) is 0. The highest BCUT2D eigenvalue weighted by atomic mass is 19.4. The van der Waals surface area contributed by atoms with Crippen molar-refractivity contribution in [2.75, 3.05) is 20.2 Å². The molecule has 1 fully saturated rings. The van der Waals surface area contributed by atoms with Crippen LogP contribution in [0.5, 0.6) is 0 Å². The lowest BCUT2D eigenvalue weighted by Gasteiger charge is -2.41. The van der Waals surface area contributed by atoms with E-state index in [0.29, 0.717) is 13.1 Å². The molecule has 1 aromatic rings. The Labute approximate surface area is 102 Å². The second kappa shape index (κ2) is 4.51. The van der Waals surface area contributed by atoms with Crippen LogP contribution in [0.15, 0.2) is 18.2 Å². The van der Waals surface area contributed by atoms with E-state index < -0.39 is 23.2 Å². The summed E-state index contributed by atoms with van der Waals surface area (Å²) in [7, 11) is 1.48. The van der Waals surface area contributed by atoms with Gasteiger partial charge in [-0.1, -0.05) is 12.1 Å². The second-order valence-electron chi connectivity index (χ2n) is 4.44. The molecule has 100 valence electrons. The Hall–Kier alpha value is -1.14. The number of ether oxygens (including phenoxy) is 1. The van der Waals surface area contributed by atoms with Crippen LogP contribution in [0.3, 0.4) is 0 Å². The Morgan fingerprint density at radius 1 is 1.33 bits per heavy atom. The Kier molecular flexibility index (Phi) is 3.33. The molecule has 1 aliphatic rings. The summed E-state index contributed by atoms with van der Waals surface area (Å²) in [5, 5.41) is 2.97. The number of hydrogen-bond donors (Lipinski definition) is 1. The van der Waals surface area contributed by atoms with Crippen molar-refractivity contribution in [1.82, 2.24) is 5.32 Å². The SMILES string of the molecule is COC1(Cc2cccc(C(F)(F)F)c2F)CNC1. The zero-order chi connectivity index (χ0) is 13.4. The molecule has 0 unspecified atom stereocenters. The smallest absolute Gasteiger partial charge is 0.375 e. The highest BCUT2D eigenvalue weighted by Gasteiger charge is 2.40. The van der Waals surface area contributed by atoms with E-state index in [1.807, 2.05) is 0 Å². The fourth-order valence-corrected chi connectivity index (χ4v) is 2.03. The molecule has 0 aliphatic carbocycles. The van der Waals surface area contributed by atoms with Gasteiger partial charge in [0, 0.05) is 26.6 Å². The molecule has 0 aromatic heterocycles. The third kappa shape index (κ3) is 2.35. The lowest BCUT2D eigenvalue weighted by atomic mass is 9.88. The van der Waals surface area contributed by atoms with Crippen LogP contribution >= 0.6 is 0 Å². The van der Waals surface area contributed by atoms with E-state index in [2.05, 4.69) is 5.32 Å². The summed E-state index contributed by atoms with van der Waals surface area (Å²) < 4.78 is 56.7. The first-order valence-corrected chi connectivity index (χ1v) is 5.48. The predicted molar refractivity (Wildman–Crippen MR) is 57.7 cm³/mol. The van der Waals surface area contributed by atoms with Crippen LogP contribution in [0.2, 0.25) is 0 Å². The lowest BCUT2D eigenvalue weighted by molar-refractivity contribution is -0.140. The Balaban J connectivity index is 2.29. The topological polar surface area (TPSA) is 21.3 Å². The molecule has 1 N–H and O–H groups in total.